The fourth-order valence-electron chi connectivity index (χ4n) is 4.20. The third kappa shape index (κ3) is 8.61. The number of amides is 1. The zero-order valence-electron chi connectivity index (χ0n) is 21.5. The Labute approximate surface area is 212 Å². The van der Waals surface area contributed by atoms with Gasteiger partial charge in [0.05, 0.1) is 13.5 Å². The van der Waals surface area contributed by atoms with E-state index >= 15 is 0 Å². The minimum Gasteiger partial charge on any atom is -0.497 e. The molecule has 194 valence electrons. The minimum absolute atomic E-state index is 0.0367. The molecule has 8 nitrogen and oxygen atoms in total. The molecule has 2 atom stereocenters. The number of hydrogen-bond donors (Lipinski definition) is 4. The van der Waals surface area contributed by atoms with E-state index in [4.69, 9.17) is 9.47 Å². The monoisotopic (exact) mass is 495 g/mol. The summed E-state index contributed by atoms with van der Waals surface area (Å²) in [5.41, 5.74) is 2.60. The number of carbonyl (C=O) groups is 2. The number of aromatic amines is 1. The lowest BCUT2D eigenvalue weighted by molar-refractivity contribution is -0.137. The topological polar surface area (TPSA) is 113 Å². The van der Waals surface area contributed by atoms with E-state index < -0.39 is 17.7 Å². The molecule has 0 spiro atoms. The zero-order chi connectivity index (χ0) is 26.1. The second-order valence-electron chi connectivity index (χ2n) is 9.99. The molecule has 0 bridgehead atoms. The fourth-order valence-corrected chi connectivity index (χ4v) is 4.20. The maximum Gasteiger partial charge on any atom is 0.407 e. The number of ether oxygens (including phenoxy) is 2. The standard InChI is InChI=1S/C28H37N3O5/c1-28(2,3)36-27(34)30-18-21(12-9-19-10-13-23(35-4)14-11-19)31-22(16-26(32)33)15-20-17-29-25-8-6-5-7-24(20)25/h5-8,10-11,13-14,17,21-22,29,31H,9,12,15-16,18H2,1-4H3,(H,30,34)(H,32,33)/t21?,22-/m1/s1. The highest BCUT2D eigenvalue weighted by Crippen LogP contribution is 2.20. The van der Waals surface area contributed by atoms with E-state index in [9.17, 15) is 14.7 Å². The number of H-pyrrole nitrogens is 1. The lowest BCUT2D eigenvalue weighted by Gasteiger charge is -2.26. The van der Waals surface area contributed by atoms with Crippen molar-refractivity contribution in [3.05, 3.63) is 65.9 Å². The lowest BCUT2D eigenvalue weighted by atomic mass is 9.99. The summed E-state index contributed by atoms with van der Waals surface area (Å²) in [7, 11) is 1.63. The Morgan fingerprint density at radius 1 is 1.06 bits per heavy atom. The van der Waals surface area contributed by atoms with Gasteiger partial charge in [-0.05, 0) is 69.4 Å². The number of nitrogens with one attached hydrogen (secondary N) is 3. The Kier molecular flexibility index (Phi) is 9.36. The predicted octanol–water partition coefficient (Wildman–Crippen LogP) is 4.68. The number of carbonyl (C=O) groups excluding carboxylic acids is 1. The highest BCUT2D eigenvalue weighted by molar-refractivity contribution is 5.83. The van der Waals surface area contributed by atoms with Crippen LogP contribution >= 0.6 is 0 Å². The van der Waals surface area contributed by atoms with Gasteiger partial charge in [0.15, 0.2) is 0 Å². The van der Waals surface area contributed by atoms with Crippen molar-refractivity contribution >= 4 is 23.0 Å². The van der Waals surface area contributed by atoms with Gasteiger partial charge < -0.3 is 30.2 Å². The molecule has 1 amide bonds. The summed E-state index contributed by atoms with van der Waals surface area (Å²) >= 11 is 0. The van der Waals surface area contributed by atoms with E-state index in [1.165, 1.54) is 0 Å². The summed E-state index contributed by atoms with van der Waals surface area (Å²) in [5.74, 6) is -0.0818. The molecule has 0 aliphatic heterocycles. The molecule has 0 aliphatic rings. The molecule has 0 aliphatic carbocycles. The number of carboxylic acid groups (broad SMARTS) is 1. The van der Waals surface area contributed by atoms with Crippen molar-refractivity contribution in [3.8, 4) is 5.75 Å². The molecule has 8 heteroatoms. The van der Waals surface area contributed by atoms with Crippen molar-refractivity contribution in [2.24, 2.45) is 0 Å². The summed E-state index contributed by atoms with van der Waals surface area (Å²) in [5, 5.41) is 17.0. The van der Waals surface area contributed by atoms with E-state index in [2.05, 4.69) is 15.6 Å². The SMILES string of the molecule is COc1ccc(CCC(CNC(=O)OC(C)(C)C)N[C@@H](CC(=O)O)Cc2c[nH]c3ccccc23)cc1. The first-order valence-electron chi connectivity index (χ1n) is 12.3. The maximum atomic E-state index is 12.3. The van der Waals surface area contributed by atoms with Gasteiger partial charge in [-0.2, -0.15) is 0 Å². The van der Waals surface area contributed by atoms with Gasteiger partial charge in [0.2, 0.25) is 0 Å². The molecule has 1 unspecified atom stereocenters. The zero-order valence-corrected chi connectivity index (χ0v) is 21.5. The van der Waals surface area contributed by atoms with Crippen LogP contribution in [0.3, 0.4) is 0 Å². The molecule has 3 aromatic rings. The number of benzene rings is 2. The first-order chi connectivity index (χ1) is 17.1. The highest BCUT2D eigenvalue weighted by atomic mass is 16.6. The van der Waals surface area contributed by atoms with Crippen LogP contribution in [0.1, 0.15) is 44.7 Å². The molecule has 36 heavy (non-hydrogen) atoms. The van der Waals surface area contributed by atoms with Gasteiger partial charge in [0.1, 0.15) is 11.4 Å². The first kappa shape index (κ1) is 27.1. The van der Waals surface area contributed by atoms with Gasteiger partial charge in [-0.3, -0.25) is 4.79 Å². The first-order valence-corrected chi connectivity index (χ1v) is 12.3. The van der Waals surface area contributed by atoms with Crippen molar-refractivity contribution in [1.29, 1.82) is 0 Å². The molecule has 0 saturated heterocycles. The fraction of sp³-hybridized carbons (Fsp3) is 0.429. The van der Waals surface area contributed by atoms with Crippen LogP contribution in [0.15, 0.2) is 54.7 Å². The van der Waals surface area contributed by atoms with E-state index in [1.54, 1.807) is 7.11 Å². The number of alkyl carbamates (subject to hydrolysis) is 1. The van der Waals surface area contributed by atoms with Gasteiger partial charge in [-0.25, -0.2) is 4.79 Å². The molecule has 0 saturated carbocycles. The summed E-state index contributed by atoms with van der Waals surface area (Å²) in [6.45, 7) is 5.76. The van der Waals surface area contributed by atoms with Crippen LogP contribution in [0.2, 0.25) is 0 Å². The number of aromatic nitrogens is 1. The van der Waals surface area contributed by atoms with Crippen molar-refractivity contribution < 1.29 is 24.2 Å². The van der Waals surface area contributed by atoms with Crippen molar-refractivity contribution in [3.63, 3.8) is 0 Å². The maximum absolute atomic E-state index is 12.3. The summed E-state index contributed by atoms with van der Waals surface area (Å²) in [4.78, 5) is 27.3. The van der Waals surface area contributed by atoms with Crippen LogP contribution in [-0.2, 0) is 22.4 Å². The number of rotatable bonds is 12. The Bertz CT molecular complexity index is 1130. The van der Waals surface area contributed by atoms with Crippen LogP contribution in [-0.4, -0.2) is 53.5 Å². The second-order valence-corrected chi connectivity index (χ2v) is 9.99. The summed E-state index contributed by atoms with van der Waals surface area (Å²) in [6.07, 6.45) is 3.40. The smallest absolute Gasteiger partial charge is 0.407 e. The van der Waals surface area contributed by atoms with Crippen LogP contribution in [0.4, 0.5) is 4.79 Å². The quantitative estimate of drug-likeness (QED) is 0.290. The third-order valence-electron chi connectivity index (χ3n) is 5.87. The molecule has 1 aromatic heterocycles. The number of methoxy groups -OCH3 is 1. The average molecular weight is 496 g/mol. The van der Waals surface area contributed by atoms with E-state index in [1.807, 2.05) is 75.5 Å². The number of carboxylic acids is 1. The van der Waals surface area contributed by atoms with Gasteiger partial charge in [-0.1, -0.05) is 30.3 Å². The minimum atomic E-state index is -0.874. The third-order valence-corrected chi connectivity index (χ3v) is 5.87. The van der Waals surface area contributed by atoms with Crippen LogP contribution in [0, 0.1) is 0 Å². The van der Waals surface area contributed by atoms with E-state index in [0.29, 0.717) is 19.4 Å². The van der Waals surface area contributed by atoms with Crippen molar-refractivity contribution in [2.75, 3.05) is 13.7 Å². The number of hydrogen-bond acceptors (Lipinski definition) is 5. The van der Waals surface area contributed by atoms with E-state index in [0.717, 1.165) is 34.2 Å². The van der Waals surface area contributed by atoms with Crippen LogP contribution < -0.4 is 15.4 Å². The van der Waals surface area contributed by atoms with Gasteiger partial charge in [0.25, 0.3) is 0 Å². The number of fused-ring (bicyclic) bond motifs is 1. The van der Waals surface area contributed by atoms with E-state index in [-0.39, 0.29) is 18.5 Å². The Balaban J connectivity index is 1.72. The second kappa shape index (κ2) is 12.4. The van der Waals surface area contributed by atoms with Crippen LogP contribution in [0.25, 0.3) is 10.9 Å². The predicted molar refractivity (Wildman–Crippen MR) is 141 cm³/mol. The Morgan fingerprint density at radius 2 is 1.78 bits per heavy atom. The Morgan fingerprint density at radius 3 is 2.44 bits per heavy atom. The van der Waals surface area contributed by atoms with Crippen molar-refractivity contribution in [1.82, 2.24) is 15.6 Å². The lowest BCUT2D eigenvalue weighted by Crippen LogP contribution is -2.48. The number of para-hydroxylation sites is 1. The molecule has 2 aromatic carbocycles. The molecule has 0 radical (unpaired) electrons. The molecule has 3 rings (SSSR count). The largest absolute Gasteiger partial charge is 0.497 e. The summed E-state index contributed by atoms with van der Waals surface area (Å²) < 4.78 is 10.6. The number of aliphatic carboxylic acids is 1. The van der Waals surface area contributed by atoms with Gasteiger partial charge >= 0.3 is 12.1 Å². The van der Waals surface area contributed by atoms with Gasteiger partial charge in [-0.15, -0.1) is 0 Å². The average Bonchev–Trinajstić information content (AvgIpc) is 3.22. The molecule has 1 heterocycles. The van der Waals surface area contributed by atoms with Gasteiger partial charge in [0, 0.05) is 35.7 Å². The summed E-state index contributed by atoms with van der Waals surface area (Å²) in [6, 6.07) is 15.4. The highest BCUT2D eigenvalue weighted by Gasteiger charge is 2.22. The molecular weight excluding hydrogens is 458 g/mol. The Hall–Kier alpha value is -3.52. The van der Waals surface area contributed by atoms with Crippen molar-refractivity contribution in [2.45, 2.75) is 64.1 Å². The normalized spacial score (nSPS) is 13.2. The van der Waals surface area contributed by atoms with Crippen LogP contribution in [0.5, 0.6) is 5.75 Å². The molecule has 4 N–H and O–H groups in total. The number of aryl methyl sites for hydroxylation is 1. The molecular formula is C28H37N3O5. The molecule has 0 fully saturated rings.